The number of anilines is 1. The minimum Gasteiger partial charge on any atom is -0.322 e. The molecule has 0 radical (unpaired) electrons. The number of aryl methyl sites for hydroxylation is 1. The van der Waals surface area contributed by atoms with Gasteiger partial charge in [-0.25, -0.2) is 13.1 Å². The van der Waals surface area contributed by atoms with Crippen molar-refractivity contribution in [3.8, 4) is 0 Å². The molecule has 160 valence electrons. The van der Waals surface area contributed by atoms with Crippen LogP contribution in [0.5, 0.6) is 0 Å². The van der Waals surface area contributed by atoms with Crippen LogP contribution in [0.25, 0.3) is 0 Å². The Kier molecular flexibility index (Phi) is 6.90. The number of hydrogen-bond acceptors (Lipinski definition) is 4. The fraction of sp³-hybridized carbons (Fsp3) is 0.130. The van der Waals surface area contributed by atoms with E-state index in [-0.39, 0.29) is 23.1 Å². The Labute approximate surface area is 186 Å². The maximum Gasteiger partial charge on any atom is 0.255 e. The Morgan fingerprint density at radius 2 is 1.52 bits per heavy atom. The Balaban J connectivity index is 1.62. The number of sulfonamides is 1. The first-order valence-electron chi connectivity index (χ1n) is 9.43. The third-order valence-corrected chi connectivity index (χ3v) is 6.51. The van der Waals surface area contributed by atoms with Gasteiger partial charge in [0.1, 0.15) is 0 Å². The van der Waals surface area contributed by atoms with E-state index in [1.54, 1.807) is 36.4 Å². The summed E-state index contributed by atoms with van der Waals surface area (Å²) in [6.07, 6.45) is 0. The molecule has 0 atom stereocenters. The number of hydrogen-bond donors (Lipinski definition) is 2. The van der Waals surface area contributed by atoms with Crippen LogP contribution in [0.4, 0.5) is 5.69 Å². The van der Waals surface area contributed by atoms with Gasteiger partial charge in [-0.2, -0.15) is 0 Å². The number of rotatable bonds is 7. The second-order valence-corrected chi connectivity index (χ2v) is 9.19. The van der Waals surface area contributed by atoms with Crippen molar-refractivity contribution >= 4 is 39.0 Å². The summed E-state index contributed by atoms with van der Waals surface area (Å²) in [6, 6.07) is 17.6. The second kappa shape index (κ2) is 9.43. The summed E-state index contributed by atoms with van der Waals surface area (Å²) in [4.78, 5) is 23.8. The molecule has 0 heterocycles. The van der Waals surface area contributed by atoms with Crippen molar-refractivity contribution in [3.63, 3.8) is 0 Å². The van der Waals surface area contributed by atoms with Crippen LogP contribution < -0.4 is 10.0 Å². The summed E-state index contributed by atoms with van der Waals surface area (Å²) in [5.74, 6) is -0.427. The normalized spacial score (nSPS) is 11.2. The Morgan fingerprint density at radius 3 is 2.10 bits per heavy atom. The first kappa shape index (κ1) is 22.7. The highest BCUT2D eigenvalue weighted by molar-refractivity contribution is 7.89. The predicted molar refractivity (Wildman–Crippen MR) is 121 cm³/mol. The Morgan fingerprint density at radius 1 is 0.903 bits per heavy atom. The molecule has 0 bridgehead atoms. The molecule has 0 fully saturated rings. The van der Waals surface area contributed by atoms with Gasteiger partial charge in [0.15, 0.2) is 5.78 Å². The molecule has 6 nitrogen and oxygen atoms in total. The number of halogens is 1. The number of benzene rings is 3. The Hall–Kier alpha value is -3.00. The fourth-order valence-corrected chi connectivity index (χ4v) is 3.98. The molecule has 8 heteroatoms. The van der Waals surface area contributed by atoms with Crippen molar-refractivity contribution < 1.29 is 18.0 Å². The van der Waals surface area contributed by atoms with Gasteiger partial charge < -0.3 is 5.32 Å². The smallest absolute Gasteiger partial charge is 0.255 e. The monoisotopic (exact) mass is 456 g/mol. The summed E-state index contributed by atoms with van der Waals surface area (Å²) in [7, 11) is -3.73. The van der Waals surface area contributed by atoms with Crippen LogP contribution in [0.1, 0.15) is 38.8 Å². The summed E-state index contributed by atoms with van der Waals surface area (Å²) >= 11 is 6.08. The molecule has 0 aromatic heterocycles. The fourth-order valence-electron chi connectivity index (χ4n) is 2.78. The standard InChI is InChI=1S/C23H21ClN2O4S/c1-15-3-10-20(13-22(15)24)26-23(28)19-6-4-17(5-7-19)14-25-31(29,30)21-11-8-18(9-12-21)16(2)27/h3-13,25H,14H2,1-2H3,(H,26,28). The first-order valence-corrected chi connectivity index (χ1v) is 11.3. The highest BCUT2D eigenvalue weighted by atomic mass is 35.5. The zero-order chi connectivity index (χ0) is 22.6. The SMILES string of the molecule is CC(=O)c1ccc(S(=O)(=O)NCc2ccc(C(=O)Nc3ccc(C)c(Cl)c3)cc2)cc1. The minimum absolute atomic E-state index is 0.0618. The van der Waals surface area contributed by atoms with Crippen LogP contribution in [0.3, 0.4) is 0 Å². The van der Waals surface area contributed by atoms with E-state index in [2.05, 4.69) is 10.0 Å². The lowest BCUT2D eigenvalue weighted by Crippen LogP contribution is -2.23. The summed E-state index contributed by atoms with van der Waals surface area (Å²) < 4.78 is 27.4. The van der Waals surface area contributed by atoms with Gasteiger partial charge in [0.25, 0.3) is 5.91 Å². The van der Waals surface area contributed by atoms with Gasteiger partial charge in [0.05, 0.1) is 4.90 Å². The number of amides is 1. The molecule has 0 saturated carbocycles. The highest BCUT2D eigenvalue weighted by Gasteiger charge is 2.14. The van der Waals surface area contributed by atoms with Crippen LogP contribution in [0.15, 0.2) is 71.6 Å². The van der Waals surface area contributed by atoms with Crippen molar-refractivity contribution in [2.24, 2.45) is 0 Å². The van der Waals surface area contributed by atoms with Gasteiger partial charge in [0.2, 0.25) is 10.0 Å². The van der Waals surface area contributed by atoms with Gasteiger partial charge >= 0.3 is 0 Å². The molecule has 3 rings (SSSR count). The zero-order valence-corrected chi connectivity index (χ0v) is 18.5. The van der Waals surface area contributed by atoms with Crippen LogP contribution in [0.2, 0.25) is 5.02 Å². The van der Waals surface area contributed by atoms with E-state index in [0.717, 1.165) is 5.56 Å². The second-order valence-electron chi connectivity index (χ2n) is 7.02. The zero-order valence-electron chi connectivity index (χ0n) is 17.0. The Bertz CT molecular complexity index is 1220. The lowest BCUT2D eigenvalue weighted by Gasteiger charge is -2.09. The molecule has 1 amide bonds. The number of ketones is 1. The first-order chi connectivity index (χ1) is 14.7. The highest BCUT2D eigenvalue weighted by Crippen LogP contribution is 2.20. The van der Waals surface area contributed by atoms with E-state index in [9.17, 15) is 18.0 Å². The van der Waals surface area contributed by atoms with Crippen molar-refractivity contribution in [2.45, 2.75) is 25.3 Å². The molecule has 31 heavy (non-hydrogen) atoms. The maximum absolute atomic E-state index is 12.4. The van der Waals surface area contributed by atoms with E-state index in [4.69, 9.17) is 11.6 Å². The molecule has 0 aliphatic carbocycles. The van der Waals surface area contributed by atoms with Gasteiger partial charge in [-0.3, -0.25) is 9.59 Å². The summed E-state index contributed by atoms with van der Waals surface area (Å²) in [6.45, 7) is 3.36. The lowest BCUT2D eigenvalue weighted by atomic mass is 10.1. The van der Waals surface area contributed by atoms with Crippen LogP contribution in [0, 0.1) is 6.92 Å². The lowest BCUT2D eigenvalue weighted by molar-refractivity contribution is 0.101. The van der Waals surface area contributed by atoms with E-state index < -0.39 is 10.0 Å². The van der Waals surface area contributed by atoms with Crippen molar-refractivity contribution in [1.29, 1.82) is 0 Å². The molecule has 3 aromatic rings. The van der Waals surface area contributed by atoms with Gasteiger partial charge in [-0.05, 0) is 61.4 Å². The van der Waals surface area contributed by atoms with E-state index in [0.29, 0.717) is 27.4 Å². The number of carbonyl (C=O) groups is 2. The molecule has 0 spiro atoms. The van der Waals surface area contributed by atoms with Crippen LogP contribution >= 0.6 is 11.6 Å². The molecule has 2 N–H and O–H groups in total. The molecular formula is C23H21ClN2O4S. The number of carbonyl (C=O) groups excluding carboxylic acids is 2. The molecular weight excluding hydrogens is 436 g/mol. The van der Waals surface area contributed by atoms with Crippen molar-refractivity contribution in [3.05, 3.63) is 94.0 Å². The third kappa shape index (κ3) is 5.79. The van der Waals surface area contributed by atoms with E-state index in [1.165, 1.54) is 31.2 Å². The molecule has 3 aromatic carbocycles. The third-order valence-electron chi connectivity index (χ3n) is 4.68. The average molecular weight is 457 g/mol. The van der Waals surface area contributed by atoms with E-state index in [1.807, 2.05) is 13.0 Å². The molecule has 0 unspecified atom stereocenters. The largest absolute Gasteiger partial charge is 0.322 e. The quantitative estimate of drug-likeness (QED) is 0.509. The average Bonchev–Trinajstić information content (AvgIpc) is 2.75. The maximum atomic E-state index is 12.4. The molecule has 0 saturated heterocycles. The van der Waals surface area contributed by atoms with Gasteiger partial charge in [-0.1, -0.05) is 41.9 Å². The van der Waals surface area contributed by atoms with E-state index >= 15 is 0 Å². The van der Waals surface area contributed by atoms with Gasteiger partial charge in [0, 0.05) is 28.4 Å². The molecule has 0 aliphatic rings. The predicted octanol–water partition coefficient (Wildman–Crippen LogP) is 4.58. The summed E-state index contributed by atoms with van der Waals surface area (Å²) in [5, 5.41) is 3.34. The van der Waals surface area contributed by atoms with Gasteiger partial charge in [-0.15, -0.1) is 0 Å². The minimum atomic E-state index is -3.73. The topological polar surface area (TPSA) is 92.3 Å². The summed E-state index contributed by atoms with van der Waals surface area (Å²) in [5.41, 5.74) is 3.08. The van der Waals surface area contributed by atoms with Crippen LogP contribution in [-0.2, 0) is 16.6 Å². The van der Waals surface area contributed by atoms with Crippen molar-refractivity contribution in [1.82, 2.24) is 4.72 Å². The van der Waals surface area contributed by atoms with Crippen molar-refractivity contribution in [2.75, 3.05) is 5.32 Å². The number of Topliss-reactive ketones (excluding diaryl/α,β-unsaturated/α-hetero) is 1. The molecule has 0 aliphatic heterocycles. The van der Waals surface area contributed by atoms with Crippen LogP contribution in [-0.4, -0.2) is 20.1 Å². The number of nitrogens with one attached hydrogen (secondary N) is 2.